The van der Waals surface area contributed by atoms with Gasteiger partial charge in [0.15, 0.2) is 6.61 Å². The van der Waals surface area contributed by atoms with E-state index in [9.17, 15) is 9.59 Å². The summed E-state index contributed by atoms with van der Waals surface area (Å²) >= 11 is 0. The summed E-state index contributed by atoms with van der Waals surface area (Å²) in [5.74, 6) is -0.864. The maximum absolute atomic E-state index is 11.0. The Bertz CT molecular complexity index is 185. The summed E-state index contributed by atoms with van der Waals surface area (Å²) < 4.78 is 0. The van der Waals surface area contributed by atoms with Crippen molar-refractivity contribution in [3.05, 3.63) is 0 Å². The van der Waals surface area contributed by atoms with Gasteiger partial charge in [0.05, 0.1) is 0 Å². The van der Waals surface area contributed by atoms with E-state index in [4.69, 9.17) is 11.5 Å². The predicted octanol–water partition coefficient (Wildman–Crippen LogP) is -0.961. The Balaban J connectivity index is 3.24. The molecular formula is C8H17N3O3. The molecule has 0 bridgehead atoms. The molecule has 0 heterocycles. The molecule has 0 atom stereocenters. The molecule has 2 amide bonds. The molecule has 0 aliphatic carbocycles. The molecule has 82 valence electrons. The molecule has 0 aromatic carbocycles. The van der Waals surface area contributed by atoms with Gasteiger partial charge < -0.3 is 11.5 Å². The minimum atomic E-state index is -0.617. The number of rotatable bonds is 8. The van der Waals surface area contributed by atoms with Crippen LogP contribution in [0.5, 0.6) is 0 Å². The summed E-state index contributed by atoms with van der Waals surface area (Å²) in [6, 6.07) is 0. The first-order valence-electron chi connectivity index (χ1n) is 4.56. The second-order valence-electron chi connectivity index (χ2n) is 2.88. The molecule has 0 aliphatic rings. The number of unbranched alkanes of at least 4 members (excludes halogenated alkanes) is 2. The van der Waals surface area contributed by atoms with Crippen molar-refractivity contribution in [2.45, 2.75) is 25.7 Å². The maximum Gasteiger partial charge on any atom is 0.246 e. The van der Waals surface area contributed by atoms with Gasteiger partial charge in [-0.1, -0.05) is 6.42 Å². The van der Waals surface area contributed by atoms with E-state index < -0.39 is 5.91 Å². The molecule has 0 aromatic rings. The minimum absolute atomic E-state index is 0.247. The van der Waals surface area contributed by atoms with Crippen LogP contribution in [0.4, 0.5) is 0 Å². The Labute approximate surface area is 82.9 Å². The lowest BCUT2D eigenvalue weighted by Gasteiger charge is -2.03. The van der Waals surface area contributed by atoms with Crippen molar-refractivity contribution in [1.82, 2.24) is 5.48 Å². The molecule has 0 saturated heterocycles. The van der Waals surface area contributed by atoms with Crippen molar-refractivity contribution < 1.29 is 14.4 Å². The Kier molecular flexibility index (Phi) is 7.77. The van der Waals surface area contributed by atoms with Gasteiger partial charge in [0.25, 0.3) is 0 Å². The normalized spacial score (nSPS) is 9.79. The molecule has 0 spiro atoms. The third kappa shape index (κ3) is 8.95. The average molecular weight is 203 g/mol. The lowest BCUT2D eigenvalue weighted by molar-refractivity contribution is -0.138. The maximum atomic E-state index is 11.0. The fourth-order valence-corrected chi connectivity index (χ4v) is 0.845. The van der Waals surface area contributed by atoms with Crippen molar-refractivity contribution in [3.8, 4) is 0 Å². The summed E-state index contributed by atoms with van der Waals surface area (Å²) in [6.45, 7) is 0.342. The van der Waals surface area contributed by atoms with Gasteiger partial charge in [0, 0.05) is 6.42 Å². The number of hydrogen-bond donors (Lipinski definition) is 3. The Morgan fingerprint density at radius 3 is 2.50 bits per heavy atom. The van der Waals surface area contributed by atoms with Gasteiger partial charge in [-0.25, -0.2) is 5.48 Å². The van der Waals surface area contributed by atoms with Gasteiger partial charge in [0.1, 0.15) is 0 Å². The Morgan fingerprint density at radius 2 is 1.93 bits per heavy atom. The summed E-state index contributed by atoms with van der Waals surface area (Å²) in [6.07, 6.45) is 2.97. The molecule has 0 rings (SSSR count). The van der Waals surface area contributed by atoms with Crippen molar-refractivity contribution in [2.75, 3.05) is 13.2 Å². The number of nitrogens with two attached hydrogens (primary N) is 2. The Morgan fingerprint density at radius 1 is 1.21 bits per heavy atom. The van der Waals surface area contributed by atoms with Crippen LogP contribution < -0.4 is 16.9 Å². The van der Waals surface area contributed by atoms with E-state index >= 15 is 0 Å². The van der Waals surface area contributed by atoms with E-state index in [1.54, 1.807) is 0 Å². The molecule has 14 heavy (non-hydrogen) atoms. The van der Waals surface area contributed by atoms with E-state index in [0.29, 0.717) is 13.0 Å². The van der Waals surface area contributed by atoms with Crippen LogP contribution in [0.15, 0.2) is 0 Å². The van der Waals surface area contributed by atoms with E-state index in [-0.39, 0.29) is 12.5 Å². The van der Waals surface area contributed by atoms with Gasteiger partial charge in [-0.05, 0) is 19.4 Å². The molecule has 6 nitrogen and oxygen atoms in total. The third-order valence-corrected chi connectivity index (χ3v) is 1.51. The standard InChI is InChI=1S/C8H17N3O3/c9-5-3-1-2-4-8(13)11-14-6-7(10)12/h1-6,9H2,(H2,10,12)(H,11,13). The largest absolute Gasteiger partial charge is 0.368 e. The smallest absolute Gasteiger partial charge is 0.246 e. The lowest BCUT2D eigenvalue weighted by Crippen LogP contribution is -2.29. The first-order valence-corrected chi connectivity index (χ1v) is 4.56. The summed E-state index contributed by atoms with van der Waals surface area (Å²) in [5, 5.41) is 0. The van der Waals surface area contributed by atoms with Crippen LogP contribution >= 0.6 is 0 Å². The summed E-state index contributed by atoms with van der Waals surface area (Å²) in [5.41, 5.74) is 12.2. The minimum Gasteiger partial charge on any atom is -0.368 e. The molecule has 0 unspecified atom stereocenters. The quantitative estimate of drug-likeness (QED) is 0.348. The number of carbonyl (C=O) groups excluding carboxylic acids is 2. The van der Waals surface area contributed by atoms with Crippen LogP contribution in [0.1, 0.15) is 25.7 Å². The number of hydrogen-bond acceptors (Lipinski definition) is 4. The van der Waals surface area contributed by atoms with Crippen LogP contribution in [0.25, 0.3) is 0 Å². The van der Waals surface area contributed by atoms with Crippen LogP contribution in [0.2, 0.25) is 0 Å². The first-order chi connectivity index (χ1) is 6.66. The molecule has 0 saturated carbocycles. The van der Waals surface area contributed by atoms with Crippen molar-refractivity contribution >= 4 is 11.8 Å². The second kappa shape index (κ2) is 8.46. The highest BCUT2D eigenvalue weighted by atomic mass is 16.7. The number of hydroxylamine groups is 1. The van der Waals surface area contributed by atoms with Crippen LogP contribution in [-0.4, -0.2) is 25.0 Å². The number of amides is 2. The van der Waals surface area contributed by atoms with Gasteiger partial charge in [0.2, 0.25) is 11.8 Å². The highest BCUT2D eigenvalue weighted by molar-refractivity contribution is 5.76. The van der Waals surface area contributed by atoms with Crippen molar-refractivity contribution in [2.24, 2.45) is 11.5 Å². The van der Waals surface area contributed by atoms with Gasteiger partial charge >= 0.3 is 0 Å². The van der Waals surface area contributed by atoms with Crippen molar-refractivity contribution in [3.63, 3.8) is 0 Å². The van der Waals surface area contributed by atoms with Crippen LogP contribution in [-0.2, 0) is 14.4 Å². The van der Waals surface area contributed by atoms with E-state index in [1.165, 1.54) is 0 Å². The molecule has 6 heteroatoms. The fraction of sp³-hybridized carbons (Fsp3) is 0.750. The molecule has 0 aliphatic heterocycles. The van der Waals surface area contributed by atoms with Gasteiger partial charge in [-0.3, -0.25) is 14.4 Å². The topological polar surface area (TPSA) is 107 Å². The van der Waals surface area contributed by atoms with Crippen molar-refractivity contribution in [1.29, 1.82) is 0 Å². The van der Waals surface area contributed by atoms with Crippen LogP contribution in [0, 0.1) is 0 Å². The SMILES string of the molecule is NCCCCCC(=O)NOCC(N)=O. The molecule has 0 aromatic heterocycles. The van der Waals surface area contributed by atoms with E-state index in [1.807, 2.05) is 0 Å². The van der Waals surface area contributed by atoms with E-state index in [2.05, 4.69) is 10.3 Å². The predicted molar refractivity (Wildman–Crippen MR) is 50.8 cm³/mol. The zero-order valence-electron chi connectivity index (χ0n) is 8.12. The number of nitrogens with one attached hydrogen (secondary N) is 1. The number of carbonyl (C=O) groups is 2. The van der Waals surface area contributed by atoms with E-state index in [0.717, 1.165) is 19.3 Å². The summed E-state index contributed by atoms with van der Waals surface area (Å²) in [7, 11) is 0. The van der Waals surface area contributed by atoms with Gasteiger partial charge in [-0.2, -0.15) is 0 Å². The fourth-order valence-electron chi connectivity index (χ4n) is 0.845. The zero-order chi connectivity index (χ0) is 10.8. The second-order valence-corrected chi connectivity index (χ2v) is 2.88. The molecule has 0 radical (unpaired) electrons. The average Bonchev–Trinajstić information content (AvgIpc) is 2.12. The zero-order valence-corrected chi connectivity index (χ0v) is 8.12. The van der Waals surface area contributed by atoms with Crippen LogP contribution in [0.3, 0.4) is 0 Å². The Hall–Kier alpha value is -1.14. The monoisotopic (exact) mass is 203 g/mol. The third-order valence-electron chi connectivity index (χ3n) is 1.51. The lowest BCUT2D eigenvalue weighted by atomic mass is 10.2. The molecule has 5 N–H and O–H groups in total. The molecular weight excluding hydrogens is 186 g/mol. The number of primary amides is 1. The molecule has 0 fully saturated rings. The van der Waals surface area contributed by atoms with Gasteiger partial charge in [-0.15, -0.1) is 0 Å². The highest BCUT2D eigenvalue weighted by Crippen LogP contribution is 1.97. The first kappa shape index (κ1) is 12.9. The highest BCUT2D eigenvalue weighted by Gasteiger charge is 2.01. The summed E-state index contributed by atoms with van der Waals surface area (Å²) in [4.78, 5) is 25.7.